The molecule has 2 aromatic rings. The Balaban J connectivity index is 2.07. The number of nitro groups is 1. The molecule has 6 N–H and O–H groups in total. The van der Waals surface area contributed by atoms with Gasteiger partial charge in [0.05, 0.1) is 4.90 Å². The summed E-state index contributed by atoms with van der Waals surface area (Å²) in [6.07, 6.45) is 0.252. The number of hydrogen-bond acceptors (Lipinski definition) is 7. The van der Waals surface area contributed by atoms with Gasteiger partial charge >= 0.3 is 5.82 Å². The van der Waals surface area contributed by atoms with Gasteiger partial charge in [0.1, 0.15) is 5.69 Å². The third-order valence-electron chi connectivity index (χ3n) is 3.59. The molecule has 0 aliphatic rings. The fraction of sp³-hybridized carbons (Fsp3) is 0.286. The minimum absolute atomic E-state index is 0.0136. The molecule has 0 aliphatic heterocycles. The van der Waals surface area contributed by atoms with Crippen molar-refractivity contribution in [3.63, 3.8) is 0 Å². The lowest BCUT2D eigenvalue weighted by Crippen LogP contribution is -2.35. The summed E-state index contributed by atoms with van der Waals surface area (Å²) in [6, 6.07) is 5.99. The summed E-state index contributed by atoms with van der Waals surface area (Å²) in [4.78, 5) is 14.5. The second kappa shape index (κ2) is 8.39. The first kappa shape index (κ1) is 20.7. The Morgan fingerprint density at radius 1 is 1.37 bits per heavy atom. The first-order valence-electron chi connectivity index (χ1n) is 7.72. The van der Waals surface area contributed by atoms with Crippen molar-refractivity contribution in [2.75, 3.05) is 12.0 Å². The van der Waals surface area contributed by atoms with Gasteiger partial charge in [-0.3, -0.25) is 5.43 Å². The van der Waals surface area contributed by atoms with Crippen molar-refractivity contribution in [1.29, 1.82) is 0 Å². The van der Waals surface area contributed by atoms with Crippen molar-refractivity contribution < 1.29 is 13.3 Å². The van der Waals surface area contributed by atoms with Crippen LogP contribution in [0.4, 0.5) is 5.82 Å². The minimum atomic E-state index is -3.75. The summed E-state index contributed by atoms with van der Waals surface area (Å²) < 4.78 is 23.9. The van der Waals surface area contributed by atoms with E-state index in [1.54, 1.807) is 19.1 Å². The summed E-state index contributed by atoms with van der Waals surface area (Å²) in [5, 5.41) is 19.3. The molecule has 1 heterocycles. The molecule has 1 aromatic heterocycles. The number of primary sulfonamides is 1. The third kappa shape index (κ3) is 5.19. The van der Waals surface area contributed by atoms with E-state index in [-0.39, 0.29) is 28.8 Å². The maximum Gasteiger partial charge on any atom is 0.387 e. The summed E-state index contributed by atoms with van der Waals surface area (Å²) >= 11 is 5.21. The van der Waals surface area contributed by atoms with Crippen LogP contribution in [0, 0.1) is 17.0 Å². The molecule has 11 nitrogen and oxygen atoms in total. The van der Waals surface area contributed by atoms with Crippen LogP contribution in [0.2, 0.25) is 0 Å². The number of aryl methyl sites for hydroxylation is 1. The van der Waals surface area contributed by atoms with Gasteiger partial charge < -0.3 is 21.2 Å². The topological polar surface area (TPSA) is 171 Å². The van der Waals surface area contributed by atoms with Crippen LogP contribution >= 0.6 is 12.2 Å². The van der Waals surface area contributed by atoms with E-state index in [0.717, 1.165) is 5.56 Å². The standard InChI is InChI=1S/C14H19N7O4S2/c1-9-18-13(21(22)23)12(6-7-15)20(9)19-14(26)17-8-10-2-4-11(5-3-10)27(16,24)25/h2-5H,6-8,15H2,1H3,(H2,16,24,25)(H2,17,19,26). The van der Waals surface area contributed by atoms with Crippen LogP contribution in [0.15, 0.2) is 29.2 Å². The molecule has 0 saturated carbocycles. The minimum Gasteiger partial charge on any atom is -0.358 e. The monoisotopic (exact) mass is 413 g/mol. The average molecular weight is 413 g/mol. The lowest BCUT2D eigenvalue weighted by atomic mass is 10.2. The van der Waals surface area contributed by atoms with Crippen molar-refractivity contribution in [3.8, 4) is 0 Å². The molecule has 0 atom stereocenters. The number of rotatable bonds is 7. The molecule has 13 heteroatoms. The van der Waals surface area contributed by atoms with E-state index in [2.05, 4.69) is 15.7 Å². The number of aromatic nitrogens is 2. The Hall–Kier alpha value is -2.61. The molecule has 1 aromatic carbocycles. The highest BCUT2D eigenvalue weighted by Gasteiger charge is 2.25. The van der Waals surface area contributed by atoms with Gasteiger partial charge in [0.25, 0.3) is 0 Å². The van der Waals surface area contributed by atoms with Crippen LogP contribution in [0.5, 0.6) is 0 Å². The van der Waals surface area contributed by atoms with E-state index >= 15 is 0 Å². The van der Waals surface area contributed by atoms with Crippen molar-refractivity contribution in [2.45, 2.75) is 24.8 Å². The van der Waals surface area contributed by atoms with Crippen LogP contribution in [-0.4, -0.2) is 34.7 Å². The normalized spacial score (nSPS) is 11.2. The van der Waals surface area contributed by atoms with Crippen LogP contribution in [-0.2, 0) is 23.0 Å². The first-order chi connectivity index (χ1) is 12.6. The van der Waals surface area contributed by atoms with E-state index in [9.17, 15) is 18.5 Å². The van der Waals surface area contributed by atoms with Gasteiger partial charge in [-0.25, -0.2) is 18.2 Å². The van der Waals surface area contributed by atoms with E-state index < -0.39 is 14.9 Å². The molecular formula is C14H19N7O4S2. The van der Waals surface area contributed by atoms with Crippen molar-refractivity contribution in [2.24, 2.45) is 10.9 Å². The number of benzene rings is 1. The molecule has 0 unspecified atom stereocenters. The number of nitrogens with zero attached hydrogens (tertiary/aromatic N) is 3. The fourth-order valence-corrected chi connectivity index (χ4v) is 3.02. The molecule has 0 bridgehead atoms. The van der Waals surface area contributed by atoms with Gasteiger partial charge in [-0.05, 0) is 46.4 Å². The molecule has 0 amide bonds. The lowest BCUT2D eigenvalue weighted by molar-refractivity contribution is -0.390. The SMILES string of the molecule is Cc1nc([N+](=O)[O-])c(CCN)n1NC(=S)NCc1ccc(S(N)(=O)=O)cc1. The summed E-state index contributed by atoms with van der Waals surface area (Å²) in [7, 11) is -3.75. The number of nitrogens with one attached hydrogen (secondary N) is 2. The molecule has 27 heavy (non-hydrogen) atoms. The number of thiocarbonyl (C=S) groups is 1. The number of hydrogen-bond donors (Lipinski definition) is 4. The molecule has 146 valence electrons. The Kier molecular flexibility index (Phi) is 6.43. The van der Waals surface area contributed by atoms with Gasteiger partial charge in [-0.1, -0.05) is 12.1 Å². The second-order valence-corrected chi connectivity index (χ2v) is 7.51. The summed E-state index contributed by atoms with van der Waals surface area (Å²) in [5.74, 6) is 0.0960. The fourth-order valence-electron chi connectivity index (χ4n) is 2.34. The maximum atomic E-state index is 11.2. The molecule has 0 fully saturated rings. The molecule has 2 rings (SSSR count). The van der Waals surface area contributed by atoms with Crippen LogP contribution in [0.1, 0.15) is 17.1 Å². The zero-order valence-electron chi connectivity index (χ0n) is 14.4. The second-order valence-electron chi connectivity index (χ2n) is 5.54. The molecule has 0 spiro atoms. The van der Waals surface area contributed by atoms with E-state index in [4.69, 9.17) is 23.1 Å². The lowest BCUT2D eigenvalue weighted by Gasteiger charge is -2.13. The van der Waals surface area contributed by atoms with Crippen LogP contribution in [0.3, 0.4) is 0 Å². The van der Waals surface area contributed by atoms with Gasteiger partial charge in [0.15, 0.2) is 5.11 Å². The predicted octanol–water partition coefficient (Wildman–Crippen LogP) is -0.133. The smallest absolute Gasteiger partial charge is 0.358 e. The largest absolute Gasteiger partial charge is 0.387 e. The van der Waals surface area contributed by atoms with E-state index in [0.29, 0.717) is 18.1 Å². The highest BCUT2D eigenvalue weighted by atomic mass is 32.2. The third-order valence-corrected chi connectivity index (χ3v) is 4.76. The van der Waals surface area contributed by atoms with Crippen molar-refractivity contribution in [3.05, 3.63) is 51.5 Å². The van der Waals surface area contributed by atoms with Crippen molar-refractivity contribution >= 4 is 33.2 Å². The number of imidazole rings is 1. The average Bonchev–Trinajstić information content (AvgIpc) is 2.89. The molecular weight excluding hydrogens is 394 g/mol. The Bertz CT molecular complexity index is 955. The number of sulfonamides is 1. The van der Waals surface area contributed by atoms with Gasteiger partial charge in [-0.15, -0.1) is 0 Å². The van der Waals surface area contributed by atoms with E-state index in [1.165, 1.54) is 16.8 Å². The quantitative estimate of drug-likeness (QED) is 0.274. The van der Waals surface area contributed by atoms with Crippen LogP contribution < -0.4 is 21.6 Å². The number of nitrogens with two attached hydrogens (primary N) is 2. The zero-order valence-corrected chi connectivity index (χ0v) is 16.0. The highest BCUT2D eigenvalue weighted by molar-refractivity contribution is 7.89. The van der Waals surface area contributed by atoms with Crippen molar-refractivity contribution in [1.82, 2.24) is 15.0 Å². The summed E-state index contributed by atoms with van der Waals surface area (Å²) in [6.45, 7) is 2.12. The first-order valence-corrected chi connectivity index (χ1v) is 9.68. The molecule has 0 aliphatic carbocycles. The Morgan fingerprint density at radius 3 is 2.52 bits per heavy atom. The molecule has 0 radical (unpaired) electrons. The zero-order chi connectivity index (χ0) is 20.2. The Labute approximate surface area is 160 Å². The maximum absolute atomic E-state index is 11.2. The highest BCUT2D eigenvalue weighted by Crippen LogP contribution is 2.18. The van der Waals surface area contributed by atoms with Crippen LogP contribution in [0.25, 0.3) is 0 Å². The summed E-state index contributed by atoms with van der Waals surface area (Å²) in [5.41, 5.74) is 9.45. The van der Waals surface area contributed by atoms with Gasteiger partial charge in [0, 0.05) is 19.9 Å². The predicted molar refractivity (Wildman–Crippen MR) is 103 cm³/mol. The van der Waals surface area contributed by atoms with Gasteiger partial charge in [0.2, 0.25) is 15.8 Å². The molecule has 0 saturated heterocycles. The van der Waals surface area contributed by atoms with E-state index in [1.807, 2.05) is 0 Å². The Morgan fingerprint density at radius 2 is 2.00 bits per heavy atom. The van der Waals surface area contributed by atoms with Gasteiger partial charge in [-0.2, -0.15) is 0 Å².